The van der Waals surface area contributed by atoms with E-state index < -0.39 is 0 Å². The van der Waals surface area contributed by atoms with Gasteiger partial charge in [0.25, 0.3) is 0 Å². The summed E-state index contributed by atoms with van der Waals surface area (Å²) in [6, 6.07) is 0.0823. The zero-order valence-electron chi connectivity index (χ0n) is 7.88. The van der Waals surface area contributed by atoms with Crippen LogP contribution in [-0.4, -0.2) is 43.0 Å². The number of rotatable bonds is 3. The van der Waals surface area contributed by atoms with Crippen LogP contribution in [0.4, 0.5) is 0 Å². The van der Waals surface area contributed by atoms with Gasteiger partial charge in [-0.05, 0) is 6.92 Å². The lowest BCUT2D eigenvalue weighted by molar-refractivity contribution is -0.125. The molecule has 1 unspecified atom stereocenters. The minimum absolute atomic E-state index is 0.0823. The second-order valence-corrected chi connectivity index (χ2v) is 3.14. The molecule has 0 spiro atoms. The van der Waals surface area contributed by atoms with Crippen LogP contribution in [0.5, 0.6) is 0 Å². The third-order valence-corrected chi connectivity index (χ3v) is 2.41. The van der Waals surface area contributed by atoms with E-state index in [4.69, 9.17) is 4.74 Å². The average molecular weight is 171 g/mol. The first-order valence-electron chi connectivity index (χ1n) is 4.60. The van der Waals surface area contributed by atoms with Gasteiger partial charge in [0.1, 0.15) is 5.78 Å². The maximum Gasteiger partial charge on any atom is 0.149 e. The highest BCUT2D eigenvalue weighted by atomic mass is 16.5. The van der Waals surface area contributed by atoms with Gasteiger partial charge in [0.05, 0.1) is 19.3 Å². The molecule has 3 heteroatoms. The minimum atomic E-state index is 0.0823. The Morgan fingerprint density at radius 2 is 2.08 bits per heavy atom. The van der Waals surface area contributed by atoms with Gasteiger partial charge >= 0.3 is 0 Å². The molecule has 70 valence electrons. The number of Topliss-reactive ketones (excluding diaryl/α,β-unsaturated/α-hetero) is 1. The second kappa shape index (κ2) is 4.58. The molecule has 1 aliphatic rings. The molecule has 0 aromatic heterocycles. The van der Waals surface area contributed by atoms with Crippen molar-refractivity contribution in [3.8, 4) is 0 Å². The van der Waals surface area contributed by atoms with Crippen LogP contribution in [0, 0.1) is 0 Å². The van der Waals surface area contributed by atoms with Crippen molar-refractivity contribution >= 4 is 5.78 Å². The van der Waals surface area contributed by atoms with Crippen molar-refractivity contribution in [2.75, 3.05) is 26.3 Å². The maximum atomic E-state index is 11.3. The fraction of sp³-hybridized carbons (Fsp3) is 0.889. The standard InChI is InChI=1S/C9H17NO2/c1-3-9(11)8(2)10-4-6-12-7-5-10/h8H,3-7H2,1-2H3. The summed E-state index contributed by atoms with van der Waals surface area (Å²) in [4.78, 5) is 13.5. The first-order chi connectivity index (χ1) is 5.75. The van der Waals surface area contributed by atoms with Crippen molar-refractivity contribution in [1.29, 1.82) is 0 Å². The lowest BCUT2D eigenvalue weighted by atomic mass is 10.1. The zero-order chi connectivity index (χ0) is 8.97. The molecule has 1 fully saturated rings. The fourth-order valence-electron chi connectivity index (χ4n) is 1.46. The topological polar surface area (TPSA) is 29.5 Å². The van der Waals surface area contributed by atoms with Crippen molar-refractivity contribution in [3.05, 3.63) is 0 Å². The number of hydrogen-bond donors (Lipinski definition) is 0. The zero-order valence-corrected chi connectivity index (χ0v) is 7.88. The Balaban J connectivity index is 2.39. The van der Waals surface area contributed by atoms with Crippen molar-refractivity contribution in [2.24, 2.45) is 0 Å². The number of nitrogens with zero attached hydrogens (tertiary/aromatic N) is 1. The number of carbonyl (C=O) groups is 1. The molecule has 1 rings (SSSR count). The summed E-state index contributed by atoms with van der Waals surface area (Å²) in [6.45, 7) is 7.22. The molecule has 1 saturated heterocycles. The highest BCUT2D eigenvalue weighted by molar-refractivity contribution is 5.83. The van der Waals surface area contributed by atoms with Crippen LogP contribution in [0.3, 0.4) is 0 Å². The Hall–Kier alpha value is -0.410. The summed E-state index contributed by atoms with van der Waals surface area (Å²) < 4.78 is 5.21. The van der Waals surface area contributed by atoms with E-state index in [2.05, 4.69) is 4.90 Å². The van der Waals surface area contributed by atoms with E-state index >= 15 is 0 Å². The van der Waals surface area contributed by atoms with Crippen LogP contribution in [0.25, 0.3) is 0 Å². The predicted molar refractivity (Wildman–Crippen MR) is 47.2 cm³/mol. The molecule has 0 amide bonds. The quantitative estimate of drug-likeness (QED) is 0.625. The van der Waals surface area contributed by atoms with Gasteiger partial charge in [-0.15, -0.1) is 0 Å². The average Bonchev–Trinajstić information content (AvgIpc) is 2.17. The number of ketones is 1. The molecule has 3 nitrogen and oxygen atoms in total. The van der Waals surface area contributed by atoms with Gasteiger partial charge in [-0.1, -0.05) is 6.92 Å². The van der Waals surface area contributed by atoms with E-state index in [0.717, 1.165) is 26.3 Å². The summed E-state index contributed by atoms with van der Waals surface area (Å²) in [5.41, 5.74) is 0. The van der Waals surface area contributed by atoms with E-state index in [-0.39, 0.29) is 6.04 Å². The van der Waals surface area contributed by atoms with Crippen molar-refractivity contribution < 1.29 is 9.53 Å². The molecular formula is C9H17NO2. The van der Waals surface area contributed by atoms with E-state index in [0.29, 0.717) is 12.2 Å². The number of morpholine rings is 1. The second-order valence-electron chi connectivity index (χ2n) is 3.14. The maximum absolute atomic E-state index is 11.3. The third-order valence-electron chi connectivity index (χ3n) is 2.41. The molecule has 0 N–H and O–H groups in total. The Labute approximate surface area is 73.7 Å². The van der Waals surface area contributed by atoms with Crippen LogP contribution >= 0.6 is 0 Å². The number of hydrogen-bond acceptors (Lipinski definition) is 3. The Bertz CT molecular complexity index is 153. The molecule has 1 heterocycles. The van der Waals surface area contributed by atoms with E-state index in [1.165, 1.54) is 0 Å². The summed E-state index contributed by atoms with van der Waals surface area (Å²) in [5, 5.41) is 0. The van der Waals surface area contributed by atoms with Crippen molar-refractivity contribution in [1.82, 2.24) is 4.90 Å². The van der Waals surface area contributed by atoms with Gasteiger partial charge in [0.15, 0.2) is 0 Å². The van der Waals surface area contributed by atoms with Crippen LogP contribution in [-0.2, 0) is 9.53 Å². The highest BCUT2D eigenvalue weighted by Gasteiger charge is 2.21. The summed E-state index contributed by atoms with van der Waals surface area (Å²) in [5.74, 6) is 0.330. The normalized spacial score (nSPS) is 22.2. The van der Waals surface area contributed by atoms with E-state index in [1.54, 1.807) is 0 Å². The molecule has 12 heavy (non-hydrogen) atoms. The molecule has 0 bridgehead atoms. The van der Waals surface area contributed by atoms with E-state index in [9.17, 15) is 4.79 Å². The Morgan fingerprint density at radius 1 is 1.50 bits per heavy atom. The van der Waals surface area contributed by atoms with Crippen LogP contribution in [0.2, 0.25) is 0 Å². The largest absolute Gasteiger partial charge is 0.379 e. The number of ether oxygens (including phenoxy) is 1. The third kappa shape index (κ3) is 2.29. The molecule has 0 radical (unpaired) electrons. The molecule has 0 aromatic rings. The van der Waals surface area contributed by atoms with Crippen molar-refractivity contribution in [2.45, 2.75) is 26.3 Å². The minimum Gasteiger partial charge on any atom is -0.379 e. The first-order valence-corrected chi connectivity index (χ1v) is 4.60. The molecule has 0 saturated carbocycles. The SMILES string of the molecule is CCC(=O)C(C)N1CCOCC1. The Kier molecular flexibility index (Phi) is 3.69. The fourth-order valence-corrected chi connectivity index (χ4v) is 1.46. The monoisotopic (exact) mass is 171 g/mol. The van der Waals surface area contributed by atoms with Crippen molar-refractivity contribution in [3.63, 3.8) is 0 Å². The molecule has 1 aliphatic heterocycles. The van der Waals surface area contributed by atoms with Gasteiger partial charge in [-0.2, -0.15) is 0 Å². The number of carbonyl (C=O) groups excluding carboxylic acids is 1. The molecule has 0 aliphatic carbocycles. The van der Waals surface area contributed by atoms with Crippen LogP contribution in [0.1, 0.15) is 20.3 Å². The summed E-state index contributed by atoms with van der Waals surface area (Å²) >= 11 is 0. The smallest absolute Gasteiger partial charge is 0.149 e. The highest BCUT2D eigenvalue weighted by Crippen LogP contribution is 2.05. The Morgan fingerprint density at radius 3 is 2.58 bits per heavy atom. The first kappa shape index (κ1) is 9.68. The van der Waals surface area contributed by atoms with Gasteiger partial charge in [-0.3, -0.25) is 9.69 Å². The molecular weight excluding hydrogens is 154 g/mol. The molecule has 1 atom stereocenters. The van der Waals surface area contributed by atoms with Gasteiger partial charge in [0, 0.05) is 19.5 Å². The molecule has 0 aromatic carbocycles. The van der Waals surface area contributed by atoms with Gasteiger partial charge < -0.3 is 4.74 Å². The lowest BCUT2D eigenvalue weighted by Gasteiger charge is -2.31. The lowest BCUT2D eigenvalue weighted by Crippen LogP contribution is -2.45. The van der Waals surface area contributed by atoms with Gasteiger partial charge in [-0.25, -0.2) is 0 Å². The summed E-state index contributed by atoms with van der Waals surface area (Å²) in [7, 11) is 0. The van der Waals surface area contributed by atoms with Gasteiger partial charge in [0.2, 0.25) is 0 Å². The summed E-state index contributed by atoms with van der Waals surface area (Å²) in [6.07, 6.45) is 0.637. The predicted octanol–water partition coefficient (Wildman–Crippen LogP) is 0.686. The van der Waals surface area contributed by atoms with Crippen LogP contribution < -0.4 is 0 Å². The van der Waals surface area contributed by atoms with Crippen LogP contribution in [0.15, 0.2) is 0 Å². The van der Waals surface area contributed by atoms with E-state index in [1.807, 2.05) is 13.8 Å².